The number of hydrogen-bond donors (Lipinski definition) is 2. The van der Waals surface area contributed by atoms with E-state index in [1.807, 2.05) is 61.5 Å². The summed E-state index contributed by atoms with van der Waals surface area (Å²) < 4.78 is 13.9. The Bertz CT molecular complexity index is 1490. The molecule has 1 atom stereocenters. The molecule has 0 spiro atoms. The van der Waals surface area contributed by atoms with E-state index < -0.39 is 6.04 Å². The molecule has 0 radical (unpaired) electrons. The van der Waals surface area contributed by atoms with E-state index in [4.69, 9.17) is 26.1 Å². The Labute approximate surface area is 207 Å². The monoisotopic (exact) mass is 486 g/mol. The Morgan fingerprint density at radius 1 is 1.06 bits per heavy atom. The zero-order valence-electron chi connectivity index (χ0n) is 19.0. The van der Waals surface area contributed by atoms with Gasteiger partial charge in [0.1, 0.15) is 0 Å². The van der Waals surface area contributed by atoms with E-state index in [2.05, 4.69) is 15.2 Å². The van der Waals surface area contributed by atoms with Gasteiger partial charge in [-0.2, -0.15) is 0 Å². The summed E-state index contributed by atoms with van der Waals surface area (Å²) in [6.45, 7) is 3.08. The Hall–Kier alpha value is -3.97. The number of benzene rings is 3. The quantitative estimate of drug-likeness (QED) is 0.384. The standard InChI is InChI=1S/C27H23ClN4O3/c1-16-24(26(33)30-19-8-3-2-7-18(19)28)25(17-11-12-22-23(15-17)35-14-6-13-34-22)32-21-10-5-4-9-20(21)31-27(32)29-16/h2-5,7-12,15,25H,6,13-14H2,1H3,(H,29,31)(H,30,33). The number of carbonyl (C=O) groups is 1. The second kappa shape index (κ2) is 8.67. The number of amides is 1. The number of aromatic nitrogens is 2. The lowest BCUT2D eigenvalue weighted by atomic mass is 9.94. The molecule has 2 aliphatic rings. The molecule has 0 saturated carbocycles. The smallest absolute Gasteiger partial charge is 0.255 e. The lowest BCUT2D eigenvalue weighted by Crippen LogP contribution is -2.31. The minimum atomic E-state index is -0.446. The van der Waals surface area contributed by atoms with Crippen molar-refractivity contribution in [1.29, 1.82) is 0 Å². The Morgan fingerprint density at radius 2 is 1.83 bits per heavy atom. The van der Waals surface area contributed by atoms with Gasteiger partial charge < -0.3 is 20.1 Å². The number of carbonyl (C=O) groups excluding carboxylic acids is 1. The van der Waals surface area contributed by atoms with Gasteiger partial charge in [0, 0.05) is 12.1 Å². The van der Waals surface area contributed by atoms with Crippen LogP contribution >= 0.6 is 11.6 Å². The predicted octanol–water partition coefficient (Wildman–Crippen LogP) is 5.78. The van der Waals surface area contributed by atoms with Crippen LogP contribution in [0.2, 0.25) is 5.02 Å². The van der Waals surface area contributed by atoms with Gasteiger partial charge in [-0.3, -0.25) is 9.36 Å². The summed E-state index contributed by atoms with van der Waals surface area (Å²) in [4.78, 5) is 18.6. The van der Waals surface area contributed by atoms with E-state index in [0.29, 0.717) is 46.9 Å². The van der Waals surface area contributed by atoms with Gasteiger partial charge in [0.15, 0.2) is 11.5 Å². The maximum absolute atomic E-state index is 13.8. The first kappa shape index (κ1) is 21.6. The molecule has 0 fully saturated rings. The summed E-state index contributed by atoms with van der Waals surface area (Å²) in [5, 5.41) is 6.81. The Kier molecular flexibility index (Phi) is 5.34. The van der Waals surface area contributed by atoms with E-state index in [1.165, 1.54) is 0 Å². The molecule has 35 heavy (non-hydrogen) atoms. The number of para-hydroxylation sites is 3. The highest BCUT2D eigenvalue weighted by atomic mass is 35.5. The van der Waals surface area contributed by atoms with Crippen LogP contribution in [0.3, 0.4) is 0 Å². The van der Waals surface area contributed by atoms with E-state index >= 15 is 0 Å². The van der Waals surface area contributed by atoms with E-state index in [0.717, 1.165) is 28.7 Å². The topological polar surface area (TPSA) is 77.4 Å². The molecule has 3 heterocycles. The molecular weight excluding hydrogens is 464 g/mol. The summed E-state index contributed by atoms with van der Waals surface area (Å²) in [6.07, 6.45) is 0.818. The van der Waals surface area contributed by atoms with Crippen molar-refractivity contribution in [2.45, 2.75) is 19.4 Å². The summed E-state index contributed by atoms with van der Waals surface area (Å²) >= 11 is 6.34. The first-order chi connectivity index (χ1) is 17.1. The minimum absolute atomic E-state index is 0.247. The SMILES string of the molecule is CC1=C(C(=O)Nc2ccccc2Cl)C(c2ccc3c(c2)OCCCO3)n2c(nc3ccccc32)N1. The van der Waals surface area contributed by atoms with Crippen LogP contribution in [0.4, 0.5) is 11.6 Å². The predicted molar refractivity (Wildman–Crippen MR) is 136 cm³/mol. The molecule has 1 unspecified atom stereocenters. The summed E-state index contributed by atoms with van der Waals surface area (Å²) in [7, 11) is 0. The highest BCUT2D eigenvalue weighted by Crippen LogP contribution is 2.42. The van der Waals surface area contributed by atoms with E-state index in [1.54, 1.807) is 12.1 Å². The molecule has 0 bridgehead atoms. The number of ether oxygens (including phenoxy) is 2. The summed E-state index contributed by atoms with van der Waals surface area (Å²) in [5.74, 6) is 1.81. The number of imidazole rings is 1. The van der Waals surface area contributed by atoms with Crippen molar-refractivity contribution >= 4 is 40.2 Å². The summed E-state index contributed by atoms with van der Waals surface area (Å²) in [6, 6.07) is 20.5. The fourth-order valence-corrected chi connectivity index (χ4v) is 4.86. The third-order valence-electron chi connectivity index (χ3n) is 6.28. The number of allylic oxidation sites excluding steroid dienone is 1. The van der Waals surface area contributed by atoms with Crippen LogP contribution in [-0.2, 0) is 4.79 Å². The number of anilines is 2. The minimum Gasteiger partial charge on any atom is -0.490 e. The normalized spacial score (nSPS) is 16.9. The van der Waals surface area contributed by atoms with Crippen LogP contribution in [-0.4, -0.2) is 28.7 Å². The van der Waals surface area contributed by atoms with Crippen LogP contribution in [0.1, 0.15) is 24.9 Å². The fraction of sp³-hybridized carbons (Fsp3) is 0.185. The van der Waals surface area contributed by atoms with Crippen LogP contribution in [0.25, 0.3) is 11.0 Å². The maximum Gasteiger partial charge on any atom is 0.255 e. The van der Waals surface area contributed by atoms with Crippen molar-refractivity contribution in [2.24, 2.45) is 0 Å². The molecule has 3 aromatic carbocycles. The van der Waals surface area contributed by atoms with Gasteiger partial charge in [-0.05, 0) is 48.9 Å². The third-order valence-corrected chi connectivity index (χ3v) is 6.61. The molecular formula is C27H23ClN4O3. The van der Waals surface area contributed by atoms with Crippen molar-refractivity contribution in [3.05, 3.63) is 88.6 Å². The number of hydrogen-bond acceptors (Lipinski definition) is 5. The van der Waals surface area contributed by atoms with Crippen molar-refractivity contribution < 1.29 is 14.3 Å². The Balaban J connectivity index is 1.51. The molecule has 4 aromatic rings. The van der Waals surface area contributed by atoms with Crippen molar-refractivity contribution in [3.63, 3.8) is 0 Å². The lowest BCUT2D eigenvalue weighted by molar-refractivity contribution is -0.113. The first-order valence-electron chi connectivity index (χ1n) is 11.5. The number of halogens is 1. The summed E-state index contributed by atoms with van der Waals surface area (Å²) in [5.41, 5.74) is 4.49. The molecule has 176 valence electrons. The number of fused-ring (bicyclic) bond motifs is 4. The molecule has 2 aliphatic heterocycles. The third kappa shape index (κ3) is 3.78. The molecule has 0 saturated heterocycles. The second-order valence-electron chi connectivity index (χ2n) is 8.55. The highest BCUT2D eigenvalue weighted by Gasteiger charge is 2.35. The van der Waals surface area contributed by atoms with E-state index in [9.17, 15) is 4.79 Å². The van der Waals surface area contributed by atoms with Crippen molar-refractivity contribution in [3.8, 4) is 11.5 Å². The maximum atomic E-state index is 13.8. The zero-order chi connectivity index (χ0) is 23.9. The van der Waals surface area contributed by atoms with Crippen molar-refractivity contribution in [2.75, 3.05) is 23.8 Å². The van der Waals surface area contributed by atoms with Gasteiger partial charge in [0.2, 0.25) is 5.95 Å². The molecule has 2 N–H and O–H groups in total. The van der Waals surface area contributed by atoms with Gasteiger partial charge in [-0.25, -0.2) is 4.98 Å². The Morgan fingerprint density at radius 3 is 2.69 bits per heavy atom. The average Bonchev–Trinajstić information content (AvgIpc) is 3.05. The van der Waals surface area contributed by atoms with Gasteiger partial charge in [0.25, 0.3) is 5.91 Å². The molecule has 0 aliphatic carbocycles. The molecule has 8 heteroatoms. The molecule has 1 amide bonds. The van der Waals surface area contributed by atoms with Crippen LogP contribution in [0, 0.1) is 0 Å². The zero-order valence-corrected chi connectivity index (χ0v) is 19.8. The number of rotatable bonds is 3. The van der Waals surface area contributed by atoms with Gasteiger partial charge in [-0.15, -0.1) is 0 Å². The van der Waals surface area contributed by atoms with Gasteiger partial charge in [0.05, 0.1) is 46.6 Å². The van der Waals surface area contributed by atoms with Gasteiger partial charge in [-0.1, -0.05) is 41.9 Å². The lowest BCUT2D eigenvalue weighted by Gasteiger charge is -2.31. The number of nitrogens with one attached hydrogen (secondary N) is 2. The molecule has 6 rings (SSSR count). The average molecular weight is 487 g/mol. The van der Waals surface area contributed by atoms with Crippen molar-refractivity contribution in [1.82, 2.24) is 9.55 Å². The molecule has 7 nitrogen and oxygen atoms in total. The van der Waals surface area contributed by atoms with E-state index in [-0.39, 0.29) is 5.91 Å². The van der Waals surface area contributed by atoms with Crippen LogP contribution < -0.4 is 20.1 Å². The first-order valence-corrected chi connectivity index (χ1v) is 11.9. The van der Waals surface area contributed by atoms with Crippen LogP contribution in [0.15, 0.2) is 78.0 Å². The molecule has 1 aromatic heterocycles. The fourth-order valence-electron chi connectivity index (χ4n) is 4.68. The largest absolute Gasteiger partial charge is 0.490 e. The van der Waals surface area contributed by atoms with Crippen LogP contribution in [0.5, 0.6) is 11.5 Å². The highest BCUT2D eigenvalue weighted by molar-refractivity contribution is 6.33. The number of nitrogens with zero attached hydrogens (tertiary/aromatic N) is 2. The second-order valence-corrected chi connectivity index (χ2v) is 8.96. The van der Waals surface area contributed by atoms with Gasteiger partial charge >= 0.3 is 0 Å².